The van der Waals surface area contributed by atoms with Crippen molar-refractivity contribution >= 4 is 5.82 Å². The van der Waals surface area contributed by atoms with Crippen LogP contribution in [-0.2, 0) is 11.3 Å². The molecule has 0 bridgehead atoms. The minimum atomic E-state index is 0.0687. The maximum Gasteiger partial charge on any atom is 0.219 e. The lowest BCUT2D eigenvalue weighted by Crippen LogP contribution is -2.10. The van der Waals surface area contributed by atoms with Crippen molar-refractivity contribution < 1.29 is 9.47 Å². The molecular weight excluding hydrogens is 194 g/mol. The Bertz CT molecular complexity index is 316. The molecule has 0 aliphatic carbocycles. The van der Waals surface area contributed by atoms with E-state index >= 15 is 0 Å². The third kappa shape index (κ3) is 4.12. The Morgan fingerprint density at radius 2 is 2.13 bits per heavy atom. The van der Waals surface area contributed by atoms with Gasteiger partial charge < -0.3 is 15.2 Å². The fourth-order valence-corrected chi connectivity index (χ4v) is 1.05. The molecule has 0 fully saturated rings. The summed E-state index contributed by atoms with van der Waals surface area (Å²) in [6, 6.07) is 1.61. The largest absolute Gasteiger partial charge is 0.475 e. The van der Waals surface area contributed by atoms with E-state index in [1.807, 2.05) is 20.8 Å². The molecule has 0 radical (unpaired) electrons. The van der Waals surface area contributed by atoms with Crippen molar-refractivity contribution in [1.29, 1.82) is 0 Å². The van der Waals surface area contributed by atoms with Crippen LogP contribution in [0.25, 0.3) is 0 Å². The Balaban J connectivity index is 2.75. The zero-order chi connectivity index (χ0) is 11.3. The average Bonchev–Trinajstić information content (AvgIpc) is 2.12. The lowest BCUT2D eigenvalue weighted by Gasteiger charge is -2.10. The van der Waals surface area contributed by atoms with Gasteiger partial charge in [0.15, 0.2) is 5.82 Å². The van der Waals surface area contributed by atoms with Gasteiger partial charge in [-0.05, 0) is 20.8 Å². The van der Waals surface area contributed by atoms with E-state index in [4.69, 9.17) is 15.2 Å². The molecule has 2 N–H and O–H groups in total. The second-order valence-corrected chi connectivity index (χ2v) is 3.35. The predicted octanol–water partition coefficient (Wildman–Crippen LogP) is 1.38. The van der Waals surface area contributed by atoms with Gasteiger partial charge >= 0.3 is 0 Å². The lowest BCUT2D eigenvalue weighted by molar-refractivity contribution is 0.127. The van der Waals surface area contributed by atoms with Gasteiger partial charge in [0.1, 0.15) is 12.4 Å². The predicted molar refractivity (Wildman–Crippen MR) is 57.5 cm³/mol. The highest BCUT2D eigenvalue weighted by molar-refractivity contribution is 5.32. The molecule has 15 heavy (non-hydrogen) atoms. The molecule has 0 saturated carbocycles. The summed E-state index contributed by atoms with van der Waals surface area (Å²) in [4.78, 5) is 8.21. The fourth-order valence-electron chi connectivity index (χ4n) is 1.05. The Kier molecular flexibility index (Phi) is 4.30. The summed E-state index contributed by atoms with van der Waals surface area (Å²) >= 11 is 0. The molecule has 0 unspecified atom stereocenters. The van der Waals surface area contributed by atoms with Crippen molar-refractivity contribution in [2.24, 2.45) is 0 Å². The highest BCUT2D eigenvalue weighted by atomic mass is 16.5. The number of ether oxygens (including phenoxy) is 2. The minimum Gasteiger partial charge on any atom is -0.475 e. The summed E-state index contributed by atoms with van der Waals surface area (Å²) in [7, 11) is 0. The van der Waals surface area contributed by atoms with E-state index in [0.717, 1.165) is 0 Å². The van der Waals surface area contributed by atoms with E-state index in [2.05, 4.69) is 9.97 Å². The molecule has 0 amide bonds. The molecule has 1 rings (SSSR count). The molecule has 0 aliphatic rings. The SMILES string of the molecule is CCOCc1nc(N)cc(OC(C)C)n1. The van der Waals surface area contributed by atoms with Crippen LogP contribution in [0.1, 0.15) is 26.6 Å². The van der Waals surface area contributed by atoms with Crippen molar-refractivity contribution in [3.8, 4) is 5.88 Å². The standard InChI is InChI=1S/C10H17N3O2/c1-4-14-6-9-12-8(11)5-10(13-9)15-7(2)3/h5,7H,4,6H2,1-3H3,(H2,11,12,13). The molecule has 0 spiro atoms. The molecule has 0 aromatic carbocycles. The number of anilines is 1. The van der Waals surface area contributed by atoms with E-state index in [-0.39, 0.29) is 6.10 Å². The average molecular weight is 211 g/mol. The van der Waals surface area contributed by atoms with Gasteiger partial charge in [0.25, 0.3) is 0 Å². The third-order valence-corrected chi connectivity index (χ3v) is 1.56. The van der Waals surface area contributed by atoms with Crippen molar-refractivity contribution in [3.05, 3.63) is 11.9 Å². The summed E-state index contributed by atoms with van der Waals surface area (Å²) in [6.07, 6.45) is 0.0687. The van der Waals surface area contributed by atoms with Gasteiger partial charge in [0.05, 0.1) is 6.10 Å². The molecule has 0 aliphatic heterocycles. The molecule has 5 heteroatoms. The van der Waals surface area contributed by atoms with Crippen LogP contribution in [-0.4, -0.2) is 22.7 Å². The zero-order valence-electron chi connectivity index (χ0n) is 9.36. The monoisotopic (exact) mass is 211 g/mol. The first kappa shape index (κ1) is 11.7. The maximum atomic E-state index is 5.62. The fraction of sp³-hybridized carbons (Fsp3) is 0.600. The molecule has 1 aromatic heterocycles. The first-order valence-corrected chi connectivity index (χ1v) is 4.99. The Morgan fingerprint density at radius 3 is 2.73 bits per heavy atom. The maximum absolute atomic E-state index is 5.62. The van der Waals surface area contributed by atoms with Crippen LogP contribution in [0.15, 0.2) is 6.07 Å². The number of nitrogens with two attached hydrogens (primary N) is 1. The lowest BCUT2D eigenvalue weighted by atomic mass is 10.4. The first-order valence-electron chi connectivity index (χ1n) is 4.99. The van der Waals surface area contributed by atoms with Gasteiger partial charge in [-0.25, -0.2) is 4.98 Å². The van der Waals surface area contributed by atoms with Gasteiger partial charge in [-0.1, -0.05) is 0 Å². The van der Waals surface area contributed by atoms with E-state index in [0.29, 0.717) is 30.7 Å². The Hall–Kier alpha value is -1.36. The van der Waals surface area contributed by atoms with Gasteiger partial charge in [-0.15, -0.1) is 0 Å². The molecule has 1 heterocycles. The number of nitrogen functional groups attached to an aromatic ring is 1. The number of hydrogen-bond donors (Lipinski definition) is 1. The van der Waals surface area contributed by atoms with Crippen molar-refractivity contribution in [3.63, 3.8) is 0 Å². The van der Waals surface area contributed by atoms with Crippen molar-refractivity contribution in [2.45, 2.75) is 33.5 Å². The Labute approximate surface area is 89.6 Å². The second-order valence-electron chi connectivity index (χ2n) is 3.35. The van der Waals surface area contributed by atoms with Crippen LogP contribution < -0.4 is 10.5 Å². The van der Waals surface area contributed by atoms with Crippen LogP contribution in [0, 0.1) is 0 Å². The molecule has 1 aromatic rings. The van der Waals surface area contributed by atoms with Crippen LogP contribution in [0.3, 0.4) is 0 Å². The Morgan fingerprint density at radius 1 is 1.40 bits per heavy atom. The highest BCUT2D eigenvalue weighted by Crippen LogP contribution is 2.12. The van der Waals surface area contributed by atoms with Gasteiger partial charge in [-0.2, -0.15) is 4.98 Å². The van der Waals surface area contributed by atoms with Crippen LogP contribution >= 0.6 is 0 Å². The second kappa shape index (κ2) is 5.50. The van der Waals surface area contributed by atoms with Crippen LogP contribution in [0.4, 0.5) is 5.82 Å². The number of nitrogens with zero attached hydrogens (tertiary/aromatic N) is 2. The minimum absolute atomic E-state index is 0.0687. The smallest absolute Gasteiger partial charge is 0.219 e. The van der Waals surface area contributed by atoms with Gasteiger partial charge in [0.2, 0.25) is 5.88 Å². The summed E-state index contributed by atoms with van der Waals surface area (Å²) in [6.45, 7) is 6.76. The van der Waals surface area contributed by atoms with E-state index in [1.165, 1.54) is 0 Å². The highest BCUT2D eigenvalue weighted by Gasteiger charge is 2.05. The molecule has 0 atom stereocenters. The normalized spacial score (nSPS) is 10.7. The zero-order valence-corrected chi connectivity index (χ0v) is 9.36. The van der Waals surface area contributed by atoms with E-state index in [9.17, 15) is 0 Å². The van der Waals surface area contributed by atoms with Crippen LogP contribution in [0.2, 0.25) is 0 Å². The quantitative estimate of drug-likeness (QED) is 0.796. The van der Waals surface area contributed by atoms with Gasteiger partial charge in [-0.3, -0.25) is 0 Å². The van der Waals surface area contributed by atoms with E-state index in [1.54, 1.807) is 6.07 Å². The van der Waals surface area contributed by atoms with Crippen molar-refractivity contribution in [1.82, 2.24) is 9.97 Å². The van der Waals surface area contributed by atoms with Crippen molar-refractivity contribution in [2.75, 3.05) is 12.3 Å². The first-order chi connectivity index (χ1) is 7.11. The summed E-state index contributed by atoms with van der Waals surface area (Å²) in [5.74, 6) is 1.44. The summed E-state index contributed by atoms with van der Waals surface area (Å²) in [5.41, 5.74) is 5.62. The number of aromatic nitrogens is 2. The molecule has 5 nitrogen and oxygen atoms in total. The number of rotatable bonds is 5. The third-order valence-electron chi connectivity index (χ3n) is 1.56. The topological polar surface area (TPSA) is 70.3 Å². The molecule has 0 saturated heterocycles. The van der Waals surface area contributed by atoms with E-state index < -0.39 is 0 Å². The van der Waals surface area contributed by atoms with Crippen LogP contribution in [0.5, 0.6) is 5.88 Å². The summed E-state index contributed by atoms with van der Waals surface area (Å²) in [5, 5.41) is 0. The van der Waals surface area contributed by atoms with Gasteiger partial charge in [0, 0.05) is 12.7 Å². The molecular formula is C10H17N3O2. The molecule has 84 valence electrons. The number of hydrogen-bond acceptors (Lipinski definition) is 5. The summed E-state index contributed by atoms with van der Waals surface area (Å²) < 4.78 is 10.6.